The molecule has 490 valence electrons. The second kappa shape index (κ2) is 30.3. The van der Waals surface area contributed by atoms with Gasteiger partial charge in [0.05, 0.1) is 78.6 Å². The molecule has 5 aromatic carbocycles. The van der Waals surface area contributed by atoms with Gasteiger partial charge in [0.2, 0.25) is 0 Å². The number of methoxy groups -OCH3 is 2. The van der Waals surface area contributed by atoms with Crippen LogP contribution in [0.15, 0.2) is 160 Å². The molecule has 0 saturated carbocycles. The fourth-order valence-corrected chi connectivity index (χ4v) is 17.2. The van der Waals surface area contributed by atoms with E-state index < -0.39 is 10.8 Å². The molecule has 3 fully saturated rings. The first-order valence-corrected chi connectivity index (χ1v) is 35.8. The van der Waals surface area contributed by atoms with Gasteiger partial charge in [-0.05, 0) is 105 Å². The number of fused-ring (bicyclic) bond motifs is 9. The standard InChI is InChI=1S/C27H35N3O3S.C25H27N3OS.C22H21N3O4S/c1-5-9-20(18-19(2)3)30-26-21-10-6-7-11-22(21)34-23(12-8-15-32-4)24(26)25(28-30)27(31)29-13-16-33-17-14-29;1-17-12-14-28(15-13-17)25(29)23-22-21(16-18-8-4-3-5-9-18)30-20-11-7-6-10-19(20)24(22)27(2)26-23;1-28-16-7-8-19-17(13-16)21-18(14-30(19)27)20(22(26)24-9-11-29-12-10-24)23-25(21)15-5-3-2-4-6-15/h5-7,9-11,18-19,23H,8,12-17H2,1-4H3;3-11,17,21H,12-16H2,1-2H3;2-8,13H,9-12,14H2,1H3/b9-5-,20-18+;;. The molecule has 3 unspecified atom stereocenters. The maximum absolute atomic E-state index is 13.8. The van der Waals surface area contributed by atoms with Crippen LogP contribution in [-0.2, 0) is 44.2 Å². The summed E-state index contributed by atoms with van der Waals surface area (Å²) in [5, 5.41) is 14.9. The molecule has 94 heavy (non-hydrogen) atoms. The van der Waals surface area contributed by atoms with Gasteiger partial charge in [0, 0.05) is 119 Å². The highest BCUT2D eigenvalue weighted by molar-refractivity contribution is 8.00. The summed E-state index contributed by atoms with van der Waals surface area (Å²) in [5.74, 6) is 1.91. The first kappa shape index (κ1) is 66.2. The van der Waals surface area contributed by atoms with Crippen molar-refractivity contribution < 1.29 is 37.5 Å². The zero-order valence-electron chi connectivity index (χ0n) is 54.7. The number of carbonyl (C=O) groups is 3. The van der Waals surface area contributed by atoms with Crippen molar-refractivity contribution in [2.75, 3.05) is 86.5 Å². The maximum Gasteiger partial charge on any atom is 0.274 e. The van der Waals surface area contributed by atoms with Gasteiger partial charge in [-0.1, -0.05) is 118 Å². The molecule has 17 nitrogen and oxygen atoms in total. The molecule has 14 rings (SSSR count). The van der Waals surface area contributed by atoms with Crippen LogP contribution in [0.3, 0.4) is 0 Å². The normalized spacial score (nSPS) is 18.4. The number of hydrogen-bond acceptors (Lipinski definition) is 13. The molecular weight excluding hydrogens is 1240 g/mol. The van der Waals surface area contributed by atoms with Crippen LogP contribution in [0, 0.1) is 11.8 Å². The van der Waals surface area contributed by atoms with E-state index in [2.05, 4.69) is 112 Å². The van der Waals surface area contributed by atoms with Crippen LogP contribution in [0.25, 0.3) is 45.2 Å². The average molecular weight is 1320 g/mol. The van der Waals surface area contributed by atoms with E-state index in [1.807, 2.05) is 111 Å². The predicted molar refractivity (Wildman–Crippen MR) is 372 cm³/mol. The first-order chi connectivity index (χ1) is 45.8. The Morgan fingerprint density at radius 1 is 0.660 bits per heavy atom. The quantitative estimate of drug-likeness (QED) is 0.0745. The molecule has 0 aliphatic carbocycles. The van der Waals surface area contributed by atoms with E-state index in [4.69, 9.17) is 34.2 Å². The van der Waals surface area contributed by atoms with Gasteiger partial charge in [0.25, 0.3) is 17.7 Å². The fourth-order valence-electron chi connectivity index (χ4n) is 13.1. The molecule has 6 aliphatic rings. The van der Waals surface area contributed by atoms with Crippen LogP contribution in [0.1, 0.15) is 118 Å². The Morgan fingerprint density at radius 2 is 1.22 bits per heavy atom. The van der Waals surface area contributed by atoms with Crippen molar-refractivity contribution in [3.05, 3.63) is 185 Å². The molecule has 20 heteroatoms. The molecular formula is C74H83N9O8S3. The number of likely N-dealkylation sites (tertiary alicyclic amines) is 1. The third-order valence-electron chi connectivity index (χ3n) is 17.9. The summed E-state index contributed by atoms with van der Waals surface area (Å²) in [4.78, 5) is 49.5. The number of morpholine rings is 2. The summed E-state index contributed by atoms with van der Waals surface area (Å²) in [6.45, 7) is 15.4. The second-order valence-electron chi connectivity index (χ2n) is 24.7. The number of aryl methyl sites for hydroxylation is 1. The summed E-state index contributed by atoms with van der Waals surface area (Å²) >= 11 is 3.70. The Bertz CT molecular complexity index is 4100. The summed E-state index contributed by atoms with van der Waals surface area (Å²) in [5.41, 5.74) is 13.6. The number of amides is 3. The van der Waals surface area contributed by atoms with Crippen LogP contribution in [0.4, 0.5) is 0 Å². The first-order valence-electron chi connectivity index (χ1n) is 32.7. The number of allylic oxidation sites excluding steroid dienone is 4. The van der Waals surface area contributed by atoms with E-state index >= 15 is 0 Å². The minimum absolute atomic E-state index is 0.000558. The van der Waals surface area contributed by atoms with Crippen LogP contribution in [0.2, 0.25) is 0 Å². The summed E-state index contributed by atoms with van der Waals surface area (Å²) in [6, 6.07) is 42.7. The largest absolute Gasteiger partial charge is 0.497 e. The molecule has 9 heterocycles. The van der Waals surface area contributed by atoms with Crippen LogP contribution in [-0.4, -0.2) is 152 Å². The molecule has 3 saturated heterocycles. The summed E-state index contributed by atoms with van der Waals surface area (Å²) in [6.07, 6.45) is 11.2. The average Bonchev–Trinajstić information content (AvgIpc) is 1.60. The van der Waals surface area contributed by atoms with Gasteiger partial charge in [0.1, 0.15) is 5.75 Å². The lowest BCUT2D eigenvalue weighted by Gasteiger charge is -2.31. The van der Waals surface area contributed by atoms with Crippen LogP contribution >= 0.6 is 23.5 Å². The number of aromatic nitrogens is 6. The Balaban J connectivity index is 0.000000136. The SMILES string of the molecule is C/C=C\C(=C/C(C)C)n1nc(C(=O)N2CCOCC2)c2c1-c1ccccc1SC2CCCOC.CC1CCN(C(=O)c2nn(C)c3c2C(Cc2ccccc2)Sc2ccccc2-3)CC1.COc1ccc2c(c1)-c1c(c(C(=O)N3CCOCC3)nn1-c1ccccc1)CS2=O. The zero-order valence-corrected chi connectivity index (χ0v) is 57.2. The maximum atomic E-state index is 13.8. The van der Waals surface area contributed by atoms with Crippen molar-refractivity contribution in [2.45, 2.75) is 90.7 Å². The number of ether oxygens (including phenoxy) is 4. The number of thioether (sulfide) groups is 2. The molecule has 3 atom stereocenters. The lowest BCUT2D eigenvalue weighted by Crippen LogP contribution is -2.41. The van der Waals surface area contributed by atoms with Crippen LogP contribution < -0.4 is 4.74 Å². The molecule has 0 spiro atoms. The molecule has 8 aromatic rings. The van der Waals surface area contributed by atoms with Gasteiger partial charge in [-0.3, -0.25) is 23.3 Å². The van der Waals surface area contributed by atoms with E-state index in [-0.39, 0.29) is 34.0 Å². The number of piperidine rings is 1. The number of carbonyl (C=O) groups excluding carboxylic acids is 3. The number of benzene rings is 5. The van der Waals surface area contributed by atoms with E-state index in [0.717, 1.165) is 106 Å². The van der Waals surface area contributed by atoms with Crippen molar-refractivity contribution in [1.29, 1.82) is 0 Å². The fraction of sp³-hybridized carbons (Fsp3) is 0.378. The van der Waals surface area contributed by atoms with Gasteiger partial charge in [-0.15, -0.1) is 23.5 Å². The van der Waals surface area contributed by atoms with Gasteiger partial charge < -0.3 is 33.6 Å². The number of rotatable bonds is 14. The Hall–Kier alpha value is -7.85. The van der Waals surface area contributed by atoms with Crippen molar-refractivity contribution in [2.24, 2.45) is 18.9 Å². The monoisotopic (exact) mass is 1320 g/mol. The van der Waals surface area contributed by atoms with Crippen molar-refractivity contribution in [1.82, 2.24) is 44.0 Å². The summed E-state index contributed by atoms with van der Waals surface area (Å²) in [7, 11) is 4.04. The third-order valence-corrected chi connectivity index (χ3v) is 21.9. The number of para-hydroxylation sites is 1. The van der Waals surface area contributed by atoms with Gasteiger partial charge >= 0.3 is 0 Å². The van der Waals surface area contributed by atoms with Crippen molar-refractivity contribution in [3.8, 4) is 45.2 Å². The molecule has 6 aliphatic heterocycles. The Labute approximate surface area is 562 Å². The topological polar surface area (TPSA) is 168 Å². The van der Waals surface area contributed by atoms with Gasteiger partial charge in [-0.2, -0.15) is 15.3 Å². The minimum atomic E-state index is -1.27. The molecule has 3 aromatic heterocycles. The Kier molecular flexibility index (Phi) is 21.3. The molecule has 0 radical (unpaired) electrons. The minimum Gasteiger partial charge on any atom is -0.497 e. The highest BCUT2D eigenvalue weighted by Gasteiger charge is 2.40. The number of nitrogens with zero attached hydrogens (tertiary/aromatic N) is 9. The Morgan fingerprint density at radius 3 is 1.84 bits per heavy atom. The van der Waals surface area contributed by atoms with Crippen molar-refractivity contribution >= 4 is 57.7 Å². The van der Waals surface area contributed by atoms with Gasteiger partial charge in [0.15, 0.2) is 17.1 Å². The van der Waals surface area contributed by atoms with Crippen LogP contribution in [0.5, 0.6) is 5.75 Å². The van der Waals surface area contributed by atoms with Gasteiger partial charge in [-0.25, -0.2) is 9.36 Å². The lowest BCUT2D eigenvalue weighted by molar-refractivity contribution is 0.0296. The lowest BCUT2D eigenvalue weighted by atomic mass is 9.95. The zero-order chi connectivity index (χ0) is 65.4. The van der Waals surface area contributed by atoms with E-state index in [1.54, 1.807) is 23.8 Å². The van der Waals surface area contributed by atoms with Crippen molar-refractivity contribution in [3.63, 3.8) is 0 Å². The predicted octanol–water partition coefficient (Wildman–Crippen LogP) is 13.7. The highest BCUT2D eigenvalue weighted by Crippen LogP contribution is 2.54. The smallest absolute Gasteiger partial charge is 0.274 e. The molecule has 3 amide bonds. The third kappa shape index (κ3) is 14.1. The van der Waals surface area contributed by atoms with E-state index in [9.17, 15) is 18.6 Å². The molecule has 0 bridgehead atoms. The summed E-state index contributed by atoms with van der Waals surface area (Å²) < 4.78 is 40.4. The van der Waals surface area contributed by atoms with E-state index in [1.165, 1.54) is 20.9 Å². The van der Waals surface area contributed by atoms with E-state index in [0.29, 0.717) is 93.9 Å². The second-order valence-corrected chi connectivity index (χ2v) is 28.6. The number of hydrogen-bond donors (Lipinski definition) is 0. The highest BCUT2D eigenvalue weighted by atomic mass is 32.2. The molecule has 0 N–H and O–H groups in total.